The van der Waals surface area contributed by atoms with Gasteiger partial charge in [-0.2, -0.15) is 4.98 Å². The molecule has 0 aliphatic carbocycles. The topological polar surface area (TPSA) is 150 Å². The van der Waals surface area contributed by atoms with Crippen LogP contribution in [0.1, 0.15) is 0 Å². The quantitative estimate of drug-likeness (QED) is 0.627. The lowest BCUT2D eigenvalue weighted by Gasteiger charge is -2.06. The fourth-order valence-corrected chi connectivity index (χ4v) is 3.20. The number of aromatic nitrogens is 4. The summed E-state index contributed by atoms with van der Waals surface area (Å²) >= 11 is 5.70. The van der Waals surface area contributed by atoms with E-state index in [2.05, 4.69) is 15.0 Å². The van der Waals surface area contributed by atoms with Crippen LogP contribution in [0.4, 0.5) is 5.95 Å². The van der Waals surface area contributed by atoms with E-state index in [1.807, 2.05) is 0 Å². The zero-order valence-corrected chi connectivity index (χ0v) is 13.9. The summed E-state index contributed by atoms with van der Waals surface area (Å²) in [6.45, 7) is 0. The molecular formula is C13H10ClN5O5S. The third kappa shape index (κ3) is 3.46. The molecule has 3 rings (SSSR count). The Bertz CT molecular complexity index is 1120. The number of hydrogen-bond acceptors (Lipinski definition) is 8. The maximum Gasteiger partial charge on any atom is 0.348 e. The number of rotatable bonds is 4. The van der Waals surface area contributed by atoms with E-state index in [9.17, 15) is 18.0 Å². The maximum atomic E-state index is 12.2. The number of nitrogen functional groups attached to an aromatic ring is 1. The number of nitrogens with one attached hydrogen (secondary N) is 1. The molecule has 0 aliphatic rings. The number of hydrogen-bond donors (Lipinski definition) is 2. The highest BCUT2D eigenvalue weighted by molar-refractivity contribution is 7.92. The van der Waals surface area contributed by atoms with Crippen LogP contribution in [0.5, 0.6) is 0 Å². The van der Waals surface area contributed by atoms with Gasteiger partial charge in [-0.1, -0.05) is 11.6 Å². The number of nitrogens with two attached hydrogens (primary N) is 1. The number of fused-ring (bicyclic) bond motifs is 1. The number of imidazole rings is 1. The van der Waals surface area contributed by atoms with Crippen molar-refractivity contribution < 1.29 is 18.0 Å². The van der Waals surface area contributed by atoms with Gasteiger partial charge < -0.3 is 10.6 Å². The first-order chi connectivity index (χ1) is 11.8. The van der Waals surface area contributed by atoms with Crippen LogP contribution in [0.15, 0.2) is 40.3 Å². The van der Waals surface area contributed by atoms with E-state index in [1.54, 1.807) is 0 Å². The van der Waals surface area contributed by atoms with Crippen molar-refractivity contribution in [2.45, 2.75) is 4.90 Å². The van der Waals surface area contributed by atoms with Crippen LogP contribution in [0.2, 0.25) is 5.02 Å². The lowest BCUT2D eigenvalue weighted by molar-refractivity contribution is -0.140. The number of aromatic amines is 1. The summed E-state index contributed by atoms with van der Waals surface area (Å²) in [4.78, 5) is 38.2. The van der Waals surface area contributed by atoms with Gasteiger partial charge in [0.15, 0.2) is 21.1 Å². The fraction of sp³-hybridized carbons (Fsp3) is 0.0769. The normalized spacial score (nSPS) is 11.6. The van der Waals surface area contributed by atoms with Crippen molar-refractivity contribution >= 4 is 44.5 Å². The third-order valence-corrected chi connectivity index (χ3v) is 4.93. The van der Waals surface area contributed by atoms with Gasteiger partial charge in [0.25, 0.3) is 5.56 Å². The summed E-state index contributed by atoms with van der Waals surface area (Å²) in [6, 6.07) is 5.34. The number of anilines is 1. The maximum absolute atomic E-state index is 12.2. The van der Waals surface area contributed by atoms with Gasteiger partial charge >= 0.3 is 5.97 Å². The summed E-state index contributed by atoms with van der Waals surface area (Å²) in [5.74, 6) is -2.22. The first-order valence-corrected chi connectivity index (χ1v) is 8.71. The minimum absolute atomic E-state index is 0.0804. The zero-order chi connectivity index (χ0) is 18.2. The molecule has 1 aromatic carbocycles. The molecule has 2 aromatic heterocycles. The Morgan fingerprint density at radius 3 is 2.68 bits per heavy atom. The summed E-state index contributed by atoms with van der Waals surface area (Å²) in [6.07, 6.45) is 1.01. The molecule has 0 saturated heterocycles. The molecule has 0 bridgehead atoms. The van der Waals surface area contributed by atoms with E-state index in [0.717, 1.165) is 11.1 Å². The second kappa shape index (κ2) is 6.18. The smallest absolute Gasteiger partial charge is 0.348 e. The largest absolute Gasteiger partial charge is 0.369 e. The molecule has 10 nitrogen and oxygen atoms in total. The summed E-state index contributed by atoms with van der Waals surface area (Å²) in [5, 5.41) is 0.361. The highest BCUT2D eigenvalue weighted by Gasteiger charge is 2.22. The van der Waals surface area contributed by atoms with Crippen LogP contribution in [0, 0.1) is 0 Å². The molecule has 0 unspecified atom stereocenters. The number of H-pyrrole nitrogens is 1. The molecule has 0 atom stereocenters. The molecule has 130 valence electrons. The number of halogens is 1. The highest BCUT2D eigenvalue weighted by Crippen LogP contribution is 2.15. The van der Waals surface area contributed by atoms with Crippen LogP contribution in [0.3, 0.4) is 0 Å². The minimum Gasteiger partial charge on any atom is -0.369 e. The zero-order valence-electron chi connectivity index (χ0n) is 12.3. The van der Waals surface area contributed by atoms with Crippen molar-refractivity contribution in [3.63, 3.8) is 0 Å². The molecule has 3 aromatic rings. The fourth-order valence-electron chi connectivity index (χ4n) is 1.99. The molecule has 0 saturated carbocycles. The Kier molecular flexibility index (Phi) is 4.18. The first kappa shape index (κ1) is 16.9. The number of nitrogens with zero attached hydrogens (tertiary/aromatic N) is 3. The Labute approximate surface area is 145 Å². The summed E-state index contributed by atoms with van der Waals surface area (Å²) < 4.78 is 25.2. The van der Waals surface area contributed by atoms with Gasteiger partial charge in [0, 0.05) is 5.02 Å². The van der Waals surface area contributed by atoms with Crippen LogP contribution in [-0.4, -0.2) is 39.8 Å². The SMILES string of the molecule is Nc1nc2c(ncn2OC(=O)CS(=O)(=O)c2ccc(Cl)cc2)c(=O)[nH]1. The van der Waals surface area contributed by atoms with Crippen molar-refractivity contribution in [2.24, 2.45) is 0 Å². The lowest BCUT2D eigenvalue weighted by Crippen LogP contribution is -2.27. The van der Waals surface area contributed by atoms with Crippen LogP contribution in [0.25, 0.3) is 11.2 Å². The Morgan fingerprint density at radius 2 is 2.00 bits per heavy atom. The average molecular weight is 384 g/mol. The standard InChI is InChI=1S/C13H10ClN5O5S/c14-7-1-3-8(4-2-7)25(22,23)5-9(20)24-19-6-16-10-11(19)17-13(15)18-12(10)21/h1-4,6H,5H2,(H3,15,17,18,21). The third-order valence-electron chi connectivity index (χ3n) is 3.08. The predicted octanol–water partition coefficient (Wildman–Crippen LogP) is -0.216. The molecule has 3 N–H and O–H groups in total. The van der Waals surface area contributed by atoms with Gasteiger partial charge in [0.05, 0.1) is 4.90 Å². The van der Waals surface area contributed by atoms with E-state index in [-0.39, 0.29) is 22.0 Å². The van der Waals surface area contributed by atoms with Gasteiger partial charge in [-0.25, -0.2) is 18.2 Å². The van der Waals surface area contributed by atoms with E-state index in [1.165, 1.54) is 24.3 Å². The van der Waals surface area contributed by atoms with Gasteiger partial charge in [-0.3, -0.25) is 9.78 Å². The second-order valence-corrected chi connectivity index (χ2v) is 7.30. The highest BCUT2D eigenvalue weighted by atomic mass is 35.5. The molecule has 2 heterocycles. The minimum atomic E-state index is -3.93. The van der Waals surface area contributed by atoms with Crippen LogP contribution in [-0.2, 0) is 14.6 Å². The van der Waals surface area contributed by atoms with Crippen LogP contribution >= 0.6 is 11.6 Å². The number of carbonyl (C=O) groups is 1. The van der Waals surface area contributed by atoms with Crippen molar-refractivity contribution in [1.82, 2.24) is 19.7 Å². The van der Waals surface area contributed by atoms with Gasteiger partial charge in [-0.15, -0.1) is 4.73 Å². The van der Waals surface area contributed by atoms with E-state index >= 15 is 0 Å². The number of carbonyl (C=O) groups excluding carboxylic acids is 1. The first-order valence-electron chi connectivity index (χ1n) is 6.68. The predicted molar refractivity (Wildman–Crippen MR) is 87.7 cm³/mol. The van der Waals surface area contributed by atoms with Crippen molar-refractivity contribution in [2.75, 3.05) is 11.5 Å². The molecule has 25 heavy (non-hydrogen) atoms. The molecule has 0 fully saturated rings. The van der Waals surface area contributed by atoms with E-state index < -0.39 is 27.1 Å². The molecule has 0 spiro atoms. The van der Waals surface area contributed by atoms with Crippen molar-refractivity contribution in [1.29, 1.82) is 0 Å². The molecule has 0 aliphatic heterocycles. The Morgan fingerprint density at radius 1 is 1.32 bits per heavy atom. The number of sulfone groups is 1. The van der Waals surface area contributed by atoms with Gasteiger partial charge in [-0.05, 0) is 24.3 Å². The monoisotopic (exact) mass is 383 g/mol. The van der Waals surface area contributed by atoms with Crippen LogP contribution < -0.4 is 16.1 Å². The van der Waals surface area contributed by atoms with Crippen molar-refractivity contribution in [3.8, 4) is 0 Å². The summed E-state index contributed by atoms with van der Waals surface area (Å²) in [5.41, 5.74) is 4.58. The van der Waals surface area contributed by atoms with Gasteiger partial charge in [0.2, 0.25) is 11.6 Å². The second-order valence-electron chi connectivity index (χ2n) is 4.87. The number of benzene rings is 1. The Balaban J connectivity index is 1.83. The average Bonchev–Trinajstić information content (AvgIpc) is 2.90. The Hall–Kier alpha value is -2.92. The molecule has 0 amide bonds. The molecular weight excluding hydrogens is 374 g/mol. The molecule has 12 heteroatoms. The molecule has 0 radical (unpaired) electrons. The van der Waals surface area contributed by atoms with E-state index in [0.29, 0.717) is 5.02 Å². The van der Waals surface area contributed by atoms with E-state index in [4.69, 9.17) is 22.2 Å². The van der Waals surface area contributed by atoms with Crippen molar-refractivity contribution in [3.05, 3.63) is 46.0 Å². The lowest BCUT2D eigenvalue weighted by atomic mass is 10.4. The van der Waals surface area contributed by atoms with Gasteiger partial charge in [0.1, 0.15) is 6.33 Å². The summed E-state index contributed by atoms with van der Waals surface area (Å²) in [7, 11) is -3.93.